The van der Waals surface area contributed by atoms with Crippen molar-refractivity contribution in [3.05, 3.63) is 51.1 Å². The first kappa shape index (κ1) is 18.8. The summed E-state index contributed by atoms with van der Waals surface area (Å²) in [5, 5.41) is 6.46. The van der Waals surface area contributed by atoms with Gasteiger partial charge in [0.15, 0.2) is 6.61 Å². The first-order valence-corrected chi connectivity index (χ1v) is 8.90. The van der Waals surface area contributed by atoms with Crippen molar-refractivity contribution < 1.29 is 14.3 Å². The van der Waals surface area contributed by atoms with Crippen LogP contribution in [0.2, 0.25) is 15.1 Å². The summed E-state index contributed by atoms with van der Waals surface area (Å²) in [5.41, 5.74) is 0.533. The molecule has 136 valence electrons. The second-order valence-electron chi connectivity index (χ2n) is 5.72. The predicted octanol–water partition coefficient (Wildman–Crippen LogP) is 4.41. The Kier molecular flexibility index (Phi) is 5.86. The number of esters is 1. The molecule has 1 aliphatic rings. The van der Waals surface area contributed by atoms with Gasteiger partial charge in [0.2, 0.25) is 0 Å². The molecule has 1 amide bonds. The van der Waals surface area contributed by atoms with Crippen LogP contribution >= 0.6 is 34.8 Å². The molecule has 26 heavy (non-hydrogen) atoms. The van der Waals surface area contributed by atoms with Crippen molar-refractivity contribution in [2.45, 2.75) is 18.9 Å². The van der Waals surface area contributed by atoms with E-state index >= 15 is 0 Å². The smallest absolute Gasteiger partial charge is 0.340 e. The number of nitrogens with one attached hydrogen (secondary N) is 2. The van der Waals surface area contributed by atoms with E-state index in [1.54, 1.807) is 12.1 Å². The van der Waals surface area contributed by atoms with Crippen LogP contribution in [0.4, 0.5) is 11.5 Å². The lowest BCUT2D eigenvalue weighted by Gasteiger charge is -2.09. The average Bonchev–Trinajstić information content (AvgIpc) is 3.42. The molecule has 0 spiro atoms. The van der Waals surface area contributed by atoms with E-state index in [2.05, 4.69) is 15.6 Å². The van der Waals surface area contributed by atoms with Gasteiger partial charge in [-0.1, -0.05) is 34.8 Å². The summed E-state index contributed by atoms with van der Waals surface area (Å²) in [7, 11) is 0. The number of ether oxygens (including phenoxy) is 1. The van der Waals surface area contributed by atoms with E-state index in [1.807, 2.05) is 0 Å². The number of aromatic nitrogens is 1. The number of halogens is 3. The number of hydrogen-bond donors (Lipinski definition) is 2. The SMILES string of the molecule is O=C(COC(=O)c1ccc(NC2CC2)nc1)Nc1cc(Cl)c(Cl)cc1Cl. The summed E-state index contributed by atoms with van der Waals surface area (Å²) in [6.45, 7) is -0.475. The molecule has 3 rings (SSSR count). The first-order chi connectivity index (χ1) is 12.4. The number of carbonyl (C=O) groups excluding carboxylic acids is 2. The summed E-state index contributed by atoms with van der Waals surface area (Å²) < 4.78 is 4.98. The van der Waals surface area contributed by atoms with Crippen LogP contribution in [0, 0.1) is 0 Å². The van der Waals surface area contributed by atoms with E-state index in [9.17, 15) is 9.59 Å². The molecular formula is C17H14Cl3N3O3. The van der Waals surface area contributed by atoms with E-state index in [0.29, 0.717) is 11.9 Å². The number of pyridine rings is 1. The van der Waals surface area contributed by atoms with Crippen molar-refractivity contribution >= 4 is 58.2 Å². The number of hydrogen-bond acceptors (Lipinski definition) is 5. The quantitative estimate of drug-likeness (QED) is 0.540. The van der Waals surface area contributed by atoms with Gasteiger partial charge in [0.25, 0.3) is 5.91 Å². The van der Waals surface area contributed by atoms with Crippen LogP contribution in [0.1, 0.15) is 23.2 Å². The second-order valence-corrected chi connectivity index (χ2v) is 6.94. The molecule has 0 bridgehead atoms. The third-order valence-electron chi connectivity index (χ3n) is 3.55. The molecule has 0 saturated heterocycles. The molecule has 1 fully saturated rings. The average molecular weight is 415 g/mol. The van der Waals surface area contributed by atoms with E-state index in [1.165, 1.54) is 18.3 Å². The topological polar surface area (TPSA) is 80.3 Å². The van der Waals surface area contributed by atoms with Crippen LogP contribution in [0.15, 0.2) is 30.5 Å². The van der Waals surface area contributed by atoms with Crippen LogP contribution in [0.3, 0.4) is 0 Å². The fourth-order valence-corrected chi connectivity index (χ4v) is 2.65. The van der Waals surface area contributed by atoms with Gasteiger partial charge in [0, 0.05) is 12.2 Å². The zero-order chi connectivity index (χ0) is 18.7. The monoisotopic (exact) mass is 413 g/mol. The van der Waals surface area contributed by atoms with Crippen molar-refractivity contribution in [2.24, 2.45) is 0 Å². The minimum absolute atomic E-state index is 0.224. The van der Waals surface area contributed by atoms with E-state index in [0.717, 1.165) is 12.8 Å². The van der Waals surface area contributed by atoms with Crippen molar-refractivity contribution in [1.82, 2.24) is 4.98 Å². The Bertz CT molecular complexity index is 839. The van der Waals surface area contributed by atoms with Gasteiger partial charge in [0.05, 0.1) is 26.3 Å². The van der Waals surface area contributed by atoms with Gasteiger partial charge in [-0.3, -0.25) is 4.79 Å². The molecule has 0 atom stereocenters. The predicted molar refractivity (Wildman–Crippen MR) is 101 cm³/mol. The highest BCUT2D eigenvalue weighted by molar-refractivity contribution is 6.44. The highest BCUT2D eigenvalue weighted by atomic mass is 35.5. The molecule has 0 aliphatic heterocycles. The van der Waals surface area contributed by atoms with Crippen molar-refractivity contribution in [1.29, 1.82) is 0 Å². The summed E-state index contributed by atoms with van der Waals surface area (Å²) in [5.74, 6) is -0.500. The van der Waals surface area contributed by atoms with Gasteiger partial charge in [-0.2, -0.15) is 0 Å². The van der Waals surface area contributed by atoms with E-state index in [-0.39, 0.29) is 26.3 Å². The van der Waals surface area contributed by atoms with Crippen LogP contribution in [-0.4, -0.2) is 29.5 Å². The Morgan fingerprint density at radius 2 is 1.85 bits per heavy atom. The lowest BCUT2D eigenvalue weighted by atomic mass is 10.3. The zero-order valence-corrected chi connectivity index (χ0v) is 15.7. The fraction of sp³-hybridized carbons (Fsp3) is 0.235. The van der Waals surface area contributed by atoms with Crippen molar-refractivity contribution in [3.8, 4) is 0 Å². The molecule has 2 N–H and O–H groups in total. The number of rotatable bonds is 6. The molecule has 0 radical (unpaired) electrons. The molecule has 9 heteroatoms. The Morgan fingerprint density at radius 1 is 1.12 bits per heavy atom. The second kappa shape index (κ2) is 8.12. The molecule has 0 unspecified atom stereocenters. The third kappa shape index (κ3) is 5.00. The van der Waals surface area contributed by atoms with Gasteiger partial charge in [-0.05, 0) is 37.1 Å². The van der Waals surface area contributed by atoms with Gasteiger partial charge in [-0.25, -0.2) is 9.78 Å². The summed E-state index contributed by atoms with van der Waals surface area (Å²) >= 11 is 17.7. The molecule has 1 heterocycles. The molecule has 1 aromatic heterocycles. The third-order valence-corrected chi connectivity index (χ3v) is 4.58. The number of nitrogens with zero attached hydrogens (tertiary/aromatic N) is 1. The van der Waals surface area contributed by atoms with Crippen LogP contribution in [-0.2, 0) is 9.53 Å². The Balaban J connectivity index is 1.52. The molecule has 1 aliphatic carbocycles. The van der Waals surface area contributed by atoms with Crippen LogP contribution < -0.4 is 10.6 Å². The standard InChI is InChI=1S/C17H14Cl3N3O3/c18-11-5-13(20)14(6-12(11)19)23-16(24)8-26-17(25)9-1-4-15(21-7-9)22-10-2-3-10/h1,4-7,10H,2-3,8H2,(H,21,22)(H,23,24). The normalized spacial score (nSPS) is 13.2. The minimum Gasteiger partial charge on any atom is -0.452 e. The maximum absolute atomic E-state index is 12.0. The highest BCUT2D eigenvalue weighted by Gasteiger charge is 2.21. The lowest BCUT2D eigenvalue weighted by molar-refractivity contribution is -0.119. The zero-order valence-electron chi connectivity index (χ0n) is 13.4. The number of amides is 1. The Labute approximate surface area is 164 Å². The summed E-state index contributed by atoms with van der Waals surface area (Å²) in [6.07, 6.45) is 3.66. The molecule has 2 aromatic rings. The van der Waals surface area contributed by atoms with Gasteiger partial charge in [-0.15, -0.1) is 0 Å². The van der Waals surface area contributed by atoms with E-state index < -0.39 is 18.5 Å². The maximum Gasteiger partial charge on any atom is 0.340 e. The van der Waals surface area contributed by atoms with Gasteiger partial charge >= 0.3 is 5.97 Å². The molecular weight excluding hydrogens is 401 g/mol. The molecule has 1 aromatic carbocycles. The Hall–Kier alpha value is -2.02. The highest BCUT2D eigenvalue weighted by Crippen LogP contribution is 2.32. The maximum atomic E-state index is 12.0. The van der Waals surface area contributed by atoms with Gasteiger partial charge in [0.1, 0.15) is 5.82 Å². The molecule has 1 saturated carbocycles. The van der Waals surface area contributed by atoms with Gasteiger partial charge < -0.3 is 15.4 Å². The number of carbonyl (C=O) groups is 2. The lowest BCUT2D eigenvalue weighted by Crippen LogP contribution is -2.21. The summed E-state index contributed by atoms with van der Waals surface area (Å²) in [6, 6.07) is 6.59. The van der Waals surface area contributed by atoms with Crippen molar-refractivity contribution in [2.75, 3.05) is 17.2 Å². The van der Waals surface area contributed by atoms with Crippen molar-refractivity contribution in [3.63, 3.8) is 0 Å². The first-order valence-electron chi connectivity index (χ1n) is 7.76. The van der Waals surface area contributed by atoms with Crippen LogP contribution in [0.5, 0.6) is 0 Å². The number of anilines is 2. The molecule has 6 nitrogen and oxygen atoms in total. The largest absolute Gasteiger partial charge is 0.452 e. The Morgan fingerprint density at radius 3 is 2.50 bits per heavy atom. The fourth-order valence-electron chi connectivity index (χ4n) is 2.06. The number of benzene rings is 1. The summed E-state index contributed by atoms with van der Waals surface area (Å²) in [4.78, 5) is 28.1. The van der Waals surface area contributed by atoms with E-state index in [4.69, 9.17) is 39.5 Å². The van der Waals surface area contributed by atoms with Crippen LogP contribution in [0.25, 0.3) is 0 Å². The minimum atomic E-state index is -0.647.